The highest BCUT2D eigenvalue weighted by molar-refractivity contribution is 7.93. The summed E-state index contributed by atoms with van der Waals surface area (Å²) in [5.41, 5.74) is 0.0105. The second kappa shape index (κ2) is 8.15. The number of nitriles is 1. The SMILES string of the molecule is CC(C)CS(=O)(=O)c1nnc(NC(=O)/C(C#N)=C\c2ccc(O)c(O)c2)s1. The van der Waals surface area contributed by atoms with E-state index in [9.17, 15) is 28.7 Å². The maximum Gasteiger partial charge on any atom is 0.268 e. The second-order valence-electron chi connectivity index (χ2n) is 5.92. The summed E-state index contributed by atoms with van der Waals surface area (Å²) in [5, 5.41) is 37.4. The number of sulfone groups is 1. The molecule has 0 aliphatic heterocycles. The fourth-order valence-corrected chi connectivity index (χ4v) is 4.61. The van der Waals surface area contributed by atoms with Crippen LogP contribution >= 0.6 is 11.3 Å². The van der Waals surface area contributed by atoms with Gasteiger partial charge in [0.2, 0.25) is 19.3 Å². The monoisotopic (exact) mass is 408 g/mol. The van der Waals surface area contributed by atoms with Gasteiger partial charge in [0.1, 0.15) is 11.6 Å². The summed E-state index contributed by atoms with van der Waals surface area (Å²) in [5.74, 6) is -1.73. The van der Waals surface area contributed by atoms with Crippen LogP contribution in [0, 0.1) is 17.2 Å². The number of anilines is 1. The molecule has 0 fully saturated rings. The Morgan fingerprint density at radius 1 is 1.33 bits per heavy atom. The number of carbonyl (C=O) groups excluding carboxylic acids is 1. The summed E-state index contributed by atoms with van der Waals surface area (Å²) < 4.78 is 24.0. The molecule has 2 aromatic rings. The number of nitrogens with zero attached hydrogens (tertiary/aromatic N) is 3. The Morgan fingerprint density at radius 3 is 2.63 bits per heavy atom. The first-order chi connectivity index (χ1) is 12.6. The molecule has 27 heavy (non-hydrogen) atoms. The van der Waals surface area contributed by atoms with E-state index in [1.165, 1.54) is 24.3 Å². The molecule has 0 atom stereocenters. The molecule has 1 amide bonds. The molecule has 1 heterocycles. The summed E-state index contributed by atoms with van der Waals surface area (Å²) in [6, 6.07) is 5.51. The van der Waals surface area contributed by atoms with Crippen molar-refractivity contribution in [2.24, 2.45) is 5.92 Å². The first-order valence-electron chi connectivity index (χ1n) is 7.63. The molecule has 1 aromatic carbocycles. The number of nitrogens with one attached hydrogen (secondary N) is 1. The van der Waals surface area contributed by atoms with Crippen LogP contribution in [-0.2, 0) is 14.6 Å². The topological polar surface area (TPSA) is 153 Å². The molecule has 0 aliphatic carbocycles. The third-order valence-corrected chi connectivity index (χ3v) is 6.49. The van der Waals surface area contributed by atoms with Crippen molar-refractivity contribution < 1.29 is 23.4 Å². The molecule has 0 unspecified atom stereocenters. The van der Waals surface area contributed by atoms with E-state index >= 15 is 0 Å². The van der Waals surface area contributed by atoms with Gasteiger partial charge in [0.15, 0.2) is 11.5 Å². The van der Waals surface area contributed by atoms with E-state index < -0.39 is 21.5 Å². The summed E-state index contributed by atoms with van der Waals surface area (Å²) in [6.45, 7) is 3.51. The lowest BCUT2D eigenvalue weighted by Gasteiger charge is -2.02. The maximum atomic E-state index is 12.2. The standard InChI is InChI=1S/C16H16N4O5S2/c1-9(2)8-27(24,25)16-20-19-15(26-16)18-14(23)11(7-17)5-10-3-4-12(21)13(22)6-10/h3-6,9,21-22H,8H2,1-2H3,(H,18,19,23)/b11-5-. The van der Waals surface area contributed by atoms with Crippen LogP contribution in [-0.4, -0.2) is 40.5 Å². The van der Waals surface area contributed by atoms with Crippen LogP contribution in [0.4, 0.5) is 5.13 Å². The zero-order chi connectivity index (χ0) is 20.2. The molecule has 11 heteroatoms. The quantitative estimate of drug-likeness (QED) is 0.283. The highest BCUT2D eigenvalue weighted by Crippen LogP contribution is 2.26. The maximum absolute atomic E-state index is 12.2. The number of aromatic nitrogens is 2. The van der Waals surface area contributed by atoms with E-state index in [1.54, 1.807) is 19.9 Å². The first kappa shape index (κ1) is 20.3. The largest absolute Gasteiger partial charge is 0.504 e. The Kier molecular flexibility index (Phi) is 6.14. The number of hydrogen-bond donors (Lipinski definition) is 3. The van der Waals surface area contributed by atoms with Crippen LogP contribution in [0.5, 0.6) is 11.5 Å². The Morgan fingerprint density at radius 2 is 2.04 bits per heavy atom. The van der Waals surface area contributed by atoms with E-state index in [0.717, 1.165) is 0 Å². The van der Waals surface area contributed by atoms with E-state index in [1.807, 2.05) is 0 Å². The highest BCUT2D eigenvalue weighted by atomic mass is 32.2. The van der Waals surface area contributed by atoms with E-state index in [2.05, 4.69) is 15.5 Å². The van der Waals surface area contributed by atoms with Gasteiger partial charge < -0.3 is 10.2 Å². The molecule has 2 rings (SSSR count). The molecule has 142 valence electrons. The zero-order valence-corrected chi connectivity index (χ0v) is 16.0. The smallest absolute Gasteiger partial charge is 0.268 e. The van der Waals surface area contributed by atoms with Crippen molar-refractivity contribution in [1.29, 1.82) is 5.26 Å². The average molecular weight is 408 g/mol. The van der Waals surface area contributed by atoms with Crippen molar-refractivity contribution in [1.82, 2.24) is 10.2 Å². The summed E-state index contributed by atoms with van der Waals surface area (Å²) in [6.07, 6.45) is 1.20. The van der Waals surface area contributed by atoms with Crippen molar-refractivity contribution in [3.8, 4) is 17.6 Å². The van der Waals surface area contributed by atoms with Gasteiger partial charge in [-0.3, -0.25) is 10.1 Å². The number of benzene rings is 1. The van der Waals surface area contributed by atoms with E-state index in [-0.39, 0.29) is 32.5 Å². The minimum absolute atomic E-state index is 0.0583. The van der Waals surface area contributed by atoms with Crippen molar-refractivity contribution in [2.75, 3.05) is 11.1 Å². The molecule has 0 spiro atoms. The van der Waals surface area contributed by atoms with E-state index in [0.29, 0.717) is 16.9 Å². The second-order valence-corrected chi connectivity index (χ2v) is 9.11. The van der Waals surface area contributed by atoms with Gasteiger partial charge in [0.25, 0.3) is 5.91 Å². The first-order valence-corrected chi connectivity index (χ1v) is 10.1. The van der Waals surface area contributed by atoms with E-state index in [4.69, 9.17) is 0 Å². The van der Waals surface area contributed by atoms with Crippen molar-refractivity contribution in [2.45, 2.75) is 18.2 Å². The molecular weight excluding hydrogens is 392 g/mol. The molecule has 0 radical (unpaired) electrons. The molecule has 9 nitrogen and oxygen atoms in total. The van der Waals surface area contributed by atoms with Crippen molar-refractivity contribution >= 4 is 38.3 Å². The number of amides is 1. The minimum Gasteiger partial charge on any atom is -0.504 e. The van der Waals surface area contributed by atoms with Crippen LogP contribution in [0.3, 0.4) is 0 Å². The average Bonchev–Trinajstić information content (AvgIpc) is 3.04. The fourth-order valence-electron chi connectivity index (χ4n) is 2.01. The lowest BCUT2D eigenvalue weighted by atomic mass is 10.1. The molecule has 0 aliphatic rings. The lowest BCUT2D eigenvalue weighted by Crippen LogP contribution is -2.13. The number of hydrogen-bond acceptors (Lipinski definition) is 9. The van der Waals surface area contributed by atoms with Gasteiger partial charge in [-0.05, 0) is 29.7 Å². The van der Waals surface area contributed by atoms with Crippen molar-refractivity contribution in [3.05, 3.63) is 29.3 Å². The molecular formula is C16H16N4O5S2. The third-order valence-electron chi connectivity index (χ3n) is 3.12. The lowest BCUT2D eigenvalue weighted by molar-refractivity contribution is -0.112. The number of rotatable bonds is 6. The molecule has 0 bridgehead atoms. The summed E-state index contributed by atoms with van der Waals surface area (Å²) in [4.78, 5) is 12.2. The van der Waals surface area contributed by atoms with Crippen LogP contribution in [0.2, 0.25) is 0 Å². The minimum atomic E-state index is -3.60. The predicted molar refractivity (Wildman–Crippen MR) is 98.8 cm³/mol. The third kappa shape index (κ3) is 5.25. The highest BCUT2D eigenvalue weighted by Gasteiger charge is 2.22. The molecule has 1 aromatic heterocycles. The van der Waals surface area contributed by atoms with Crippen LogP contribution in [0.15, 0.2) is 28.1 Å². The number of aromatic hydroxyl groups is 2. The van der Waals surface area contributed by atoms with Gasteiger partial charge in [-0.15, -0.1) is 10.2 Å². The molecule has 0 saturated heterocycles. The molecule has 3 N–H and O–H groups in total. The number of phenols is 2. The van der Waals surface area contributed by atoms with Gasteiger partial charge in [-0.1, -0.05) is 31.3 Å². The summed E-state index contributed by atoms with van der Waals surface area (Å²) >= 11 is 0.697. The van der Waals surface area contributed by atoms with Gasteiger partial charge >= 0.3 is 0 Å². The summed E-state index contributed by atoms with van der Waals surface area (Å²) in [7, 11) is -3.60. The normalized spacial score (nSPS) is 12.0. The van der Waals surface area contributed by atoms with Crippen LogP contribution in [0.1, 0.15) is 19.4 Å². The number of phenolic OH excluding ortho intramolecular Hbond substituents is 2. The van der Waals surface area contributed by atoms with Crippen LogP contribution < -0.4 is 5.32 Å². The zero-order valence-electron chi connectivity index (χ0n) is 14.4. The van der Waals surface area contributed by atoms with Gasteiger partial charge in [-0.2, -0.15) is 5.26 Å². The number of carbonyl (C=O) groups is 1. The Balaban J connectivity index is 2.19. The predicted octanol–water partition coefficient (Wildman–Crippen LogP) is 1.92. The Bertz CT molecular complexity index is 1040. The Labute approximate surface area is 159 Å². The van der Waals surface area contributed by atoms with Crippen LogP contribution in [0.25, 0.3) is 6.08 Å². The Hall–Kier alpha value is -2.97. The fraction of sp³-hybridized carbons (Fsp3) is 0.250. The van der Waals surface area contributed by atoms with Crippen molar-refractivity contribution in [3.63, 3.8) is 0 Å². The van der Waals surface area contributed by atoms with Gasteiger partial charge in [-0.25, -0.2) is 8.42 Å². The van der Waals surface area contributed by atoms with Gasteiger partial charge in [0, 0.05) is 0 Å². The molecule has 0 saturated carbocycles. The van der Waals surface area contributed by atoms with Gasteiger partial charge in [0.05, 0.1) is 5.75 Å².